The number of fused-ring (bicyclic) bond motifs is 1. The molecule has 2 aromatic rings. The van der Waals surface area contributed by atoms with Gasteiger partial charge in [-0.25, -0.2) is 0 Å². The predicted molar refractivity (Wildman–Crippen MR) is 54.0 cm³/mol. The number of hydrogen-bond acceptors (Lipinski definition) is 1. The second kappa shape index (κ2) is 3.33. The van der Waals surface area contributed by atoms with Crippen molar-refractivity contribution in [2.75, 3.05) is 0 Å². The molecule has 1 nitrogen and oxygen atoms in total. The number of rotatable bonds is 1. The van der Waals surface area contributed by atoms with Crippen LogP contribution >= 0.6 is 15.9 Å². The SMILES string of the molecule is O=Cc1[te]c2ccccc2c1Br. The first-order valence-electron chi connectivity index (χ1n) is 3.45. The van der Waals surface area contributed by atoms with Gasteiger partial charge in [0.05, 0.1) is 0 Å². The fraction of sp³-hybridized carbons (Fsp3) is 0. The van der Waals surface area contributed by atoms with E-state index in [2.05, 4.69) is 28.1 Å². The summed E-state index contributed by atoms with van der Waals surface area (Å²) >= 11 is 3.05. The minimum absolute atomic E-state index is 0.398. The van der Waals surface area contributed by atoms with Crippen molar-refractivity contribution < 1.29 is 4.79 Å². The van der Waals surface area contributed by atoms with Gasteiger partial charge in [-0.3, -0.25) is 0 Å². The molecule has 0 atom stereocenters. The Morgan fingerprint density at radius 3 is 2.75 bits per heavy atom. The molecule has 0 aliphatic carbocycles. The molecule has 0 bridgehead atoms. The van der Waals surface area contributed by atoms with Crippen LogP contribution in [0.4, 0.5) is 0 Å². The van der Waals surface area contributed by atoms with Gasteiger partial charge in [-0.2, -0.15) is 0 Å². The van der Waals surface area contributed by atoms with Crippen LogP contribution in [0.5, 0.6) is 0 Å². The minimum atomic E-state index is -0.398. The summed E-state index contributed by atoms with van der Waals surface area (Å²) in [6.45, 7) is 0. The second-order valence-electron chi connectivity index (χ2n) is 2.39. The summed E-state index contributed by atoms with van der Waals surface area (Å²) in [6.07, 6.45) is 0.978. The monoisotopic (exact) mass is 338 g/mol. The predicted octanol–water partition coefficient (Wildman–Crippen LogP) is 2.47. The Bertz CT molecular complexity index is 433. The Morgan fingerprint density at radius 1 is 1.33 bits per heavy atom. The first kappa shape index (κ1) is 8.50. The van der Waals surface area contributed by atoms with Gasteiger partial charge >= 0.3 is 88.5 Å². The Balaban J connectivity index is 2.87. The van der Waals surface area contributed by atoms with Gasteiger partial charge in [0.2, 0.25) is 0 Å². The van der Waals surface area contributed by atoms with E-state index in [0.717, 1.165) is 14.3 Å². The molecule has 1 aromatic heterocycles. The van der Waals surface area contributed by atoms with Crippen molar-refractivity contribution >= 4 is 51.4 Å². The van der Waals surface area contributed by atoms with Gasteiger partial charge in [0, 0.05) is 0 Å². The summed E-state index contributed by atoms with van der Waals surface area (Å²) in [6, 6.07) is 8.19. The summed E-state index contributed by atoms with van der Waals surface area (Å²) in [5.74, 6) is 0. The van der Waals surface area contributed by atoms with Crippen LogP contribution in [0.3, 0.4) is 0 Å². The molecule has 0 N–H and O–H groups in total. The molecule has 0 spiro atoms. The first-order chi connectivity index (χ1) is 5.83. The summed E-state index contributed by atoms with van der Waals surface area (Å²) in [7, 11) is 0. The maximum absolute atomic E-state index is 10.6. The molecule has 60 valence electrons. The molecule has 0 aliphatic heterocycles. The van der Waals surface area contributed by atoms with Crippen LogP contribution in [0.1, 0.15) is 8.37 Å². The zero-order valence-corrected chi connectivity index (χ0v) is 10.00. The molecule has 1 heterocycles. The molecule has 0 fully saturated rings. The van der Waals surface area contributed by atoms with Crippen LogP contribution in [0.15, 0.2) is 28.7 Å². The third-order valence-corrected chi connectivity index (χ3v) is 6.47. The first-order valence-corrected chi connectivity index (χ1v) is 6.57. The van der Waals surface area contributed by atoms with Crippen LogP contribution in [-0.4, -0.2) is 26.7 Å². The van der Waals surface area contributed by atoms with Crippen molar-refractivity contribution in [3.05, 3.63) is 32.3 Å². The van der Waals surface area contributed by atoms with Crippen molar-refractivity contribution in [1.29, 1.82) is 0 Å². The van der Waals surface area contributed by atoms with E-state index in [0.29, 0.717) is 0 Å². The molecule has 0 saturated carbocycles. The van der Waals surface area contributed by atoms with Gasteiger partial charge in [0.1, 0.15) is 0 Å². The van der Waals surface area contributed by atoms with Crippen molar-refractivity contribution in [3.8, 4) is 0 Å². The Kier molecular flexibility index (Phi) is 2.36. The molecule has 0 amide bonds. The standard InChI is InChI=1S/C9H5BrOTe/c10-9-6-3-1-2-4-7(6)12-8(9)5-11/h1-5H. The number of aldehydes is 1. The molecule has 12 heavy (non-hydrogen) atoms. The van der Waals surface area contributed by atoms with Gasteiger partial charge in [-0.05, 0) is 0 Å². The van der Waals surface area contributed by atoms with Crippen molar-refractivity contribution in [2.24, 2.45) is 0 Å². The molecular weight excluding hydrogens is 332 g/mol. The van der Waals surface area contributed by atoms with E-state index >= 15 is 0 Å². The van der Waals surface area contributed by atoms with Crippen LogP contribution < -0.4 is 0 Å². The second-order valence-corrected chi connectivity index (χ2v) is 6.28. The van der Waals surface area contributed by atoms with E-state index in [1.54, 1.807) is 0 Å². The third kappa shape index (κ3) is 1.26. The number of carbonyl (C=O) groups excluding carboxylic acids is 1. The summed E-state index contributed by atoms with van der Waals surface area (Å²) in [5, 5.41) is 1.21. The Labute approximate surface area is 88.1 Å². The number of benzene rings is 1. The van der Waals surface area contributed by atoms with Gasteiger partial charge in [0.25, 0.3) is 0 Å². The summed E-state index contributed by atoms with van der Waals surface area (Å²) in [4.78, 5) is 10.6. The van der Waals surface area contributed by atoms with Crippen LogP contribution in [0, 0.1) is 0 Å². The third-order valence-electron chi connectivity index (χ3n) is 1.67. The normalized spacial score (nSPS) is 10.4. The van der Waals surface area contributed by atoms with Gasteiger partial charge in [-0.1, -0.05) is 0 Å². The van der Waals surface area contributed by atoms with Gasteiger partial charge in [-0.15, -0.1) is 0 Å². The molecule has 3 heteroatoms. The van der Waals surface area contributed by atoms with E-state index in [1.807, 2.05) is 12.1 Å². The average Bonchev–Trinajstić information content (AvgIpc) is 2.44. The van der Waals surface area contributed by atoms with E-state index in [1.165, 1.54) is 8.79 Å². The number of carbonyl (C=O) groups is 1. The van der Waals surface area contributed by atoms with Crippen LogP contribution in [0.25, 0.3) is 8.79 Å². The van der Waals surface area contributed by atoms with E-state index in [4.69, 9.17) is 0 Å². The summed E-state index contributed by atoms with van der Waals surface area (Å²) in [5.41, 5.74) is 0. The van der Waals surface area contributed by atoms with Gasteiger partial charge in [0.15, 0.2) is 0 Å². The topological polar surface area (TPSA) is 17.1 Å². The quantitative estimate of drug-likeness (QED) is 0.577. The molecule has 1 aromatic carbocycles. The van der Waals surface area contributed by atoms with Crippen LogP contribution in [0.2, 0.25) is 0 Å². The van der Waals surface area contributed by atoms with E-state index in [9.17, 15) is 4.79 Å². The fourth-order valence-electron chi connectivity index (χ4n) is 1.11. The van der Waals surface area contributed by atoms with Gasteiger partial charge < -0.3 is 0 Å². The maximum atomic E-state index is 10.6. The summed E-state index contributed by atoms with van der Waals surface area (Å²) < 4.78 is 3.34. The van der Waals surface area contributed by atoms with Crippen molar-refractivity contribution in [3.63, 3.8) is 0 Å². The molecule has 0 saturated heterocycles. The number of hydrogen-bond donors (Lipinski definition) is 0. The van der Waals surface area contributed by atoms with Crippen molar-refractivity contribution in [2.45, 2.75) is 0 Å². The van der Waals surface area contributed by atoms with E-state index < -0.39 is 20.4 Å². The zero-order chi connectivity index (χ0) is 8.55. The number of halogens is 1. The van der Waals surface area contributed by atoms with Crippen LogP contribution in [-0.2, 0) is 0 Å². The molecule has 0 unspecified atom stereocenters. The Morgan fingerprint density at radius 2 is 2.08 bits per heavy atom. The molecule has 0 radical (unpaired) electrons. The van der Waals surface area contributed by atoms with E-state index in [-0.39, 0.29) is 0 Å². The molecule has 2 rings (SSSR count). The fourth-order valence-corrected chi connectivity index (χ4v) is 5.10. The Hall–Kier alpha value is -0.100. The zero-order valence-electron chi connectivity index (χ0n) is 6.08. The average molecular weight is 337 g/mol. The molecular formula is C9H5BrOTe. The molecule has 0 aliphatic rings. The van der Waals surface area contributed by atoms with Crippen molar-refractivity contribution in [1.82, 2.24) is 0 Å².